The number of aryl methyl sites for hydroxylation is 2. The first-order chi connectivity index (χ1) is 24.5. The van der Waals surface area contributed by atoms with Crippen LogP contribution in [0.3, 0.4) is 0 Å². The zero-order valence-electron chi connectivity index (χ0n) is 31.1. The summed E-state index contributed by atoms with van der Waals surface area (Å²) < 4.78 is 72.3. The molecule has 53 heavy (non-hydrogen) atoms. The van der Waals surface area contributed by atoms with E-state index in [2.05, 4.69) is 61.5 Å². The molecule has 0 N–H and O–H groups in total. The van der Waals surface area contributed by atoms with Crippen LogP contribution in [0.1, 0.15) is 61.1 Å². The summed E-state index contributed by atoms with van der Waals surface area (Å²) in [4.78, 5) is 1.68. The Labute approximate surface area is 341 Å². The van der Waals surface area contributed by atoms with E-state index in [9.17, 15) is 25.9 Å². The van der Waals surface area contributed by atoms with Crippen molar-refractivity contribution in [1.29, 1.82) is 0 Å². The molecule has 0 unspecified atom stereocenters. The average molecular weight is 781 g/mol. The molecule has 0 fully saturated rings. The monoisotopic (exact) mass is 780 g/mol. The third-order valence-electron chi connectivity index (χ3n) is 9.22. The number of rotatable bonds is 11. The van der Waals surface area contributed by atoms with Crippen LogP contribution in [-0.2, 0) is 33.3 Å². The molecule has 1 aliphatic rings. The Bertz CT molecular complexity index is 2350. The van der Waals surface area contributed by atoms with Crippen LogP contribution in [0.15, 0.2) is 124 Å². The van der Waals surface area contributed by atoms with Crippen molar-refractivity contribution in [2.24, 2.45) is 0 Å². The second-order valence-corrected chi connectivity index (χ2v) is 16.2. The van der Waals surface area contributed by atoms with Gasteiger partial charge in [-0.05, 0) is 130 Å². The van der Waals surface area contributed by atoms with E-state index in [0.717, 1.165) is 67.1 Å². The quantitative estimate of drug-likeness (QED) is 0.117. The molecule has 0 bridgehead atoms. The normalized spacial score (nSPS) is 13.2. The van der Waals surface area contributed by atoms with Crippen LogP contribution in [0.4, 0.5) is 5.69 Å². The van der Waals surface area contributed by atoms with Gasteiger partial charge in [0.2, 0.25) is 5.71 Å². The summed E-state index contributed by atoms with van der Waals surface area (Å²) >= 11 is 6.89. The Balaban J connectivity index is 0.00000627. The van der Waals surface area contributed by atoms with Crippen molar-refractivity contribution >= 4 is 48.8 Å². The van der Waals surface area contributed by atoms with Crippen LogP contribution in [0, 0.1) is 13.8 Å². The molecule has 4 aromatic carbocycles. The molecule has 272 valence electrons. The topological polar surface area (TPSA) is 121 Å². The van der Waals surface area contributed by atoms with Gasteiger partial charge >= 0.3 is 29.6 Å². The third-order valence-corrected chi connectivity index (χ3v) is 11.2. The molecule has 8 nitrogen and oxygen atoms in total. The van der Waals surface area contributed by atoms with E-state index >= 15 is 0 Å². The maximum atomic E-state index is 11.7. The fourth-order valence-electron chi connectivity index (χ4n) is 7.08. The number of anilines is 1. The molecule has 0 saturated carbocycles. The fourth-order valence-corrected chi connectivity index (χ4v) is 8.39. The Hall–Kier alpha value is -3.32. The maximum absolute atomic E-state index is 11.7. The van der Waals surface area contributed by atoms with Crippen LogP contribution in [-0.4, -0.2) is 49.3 Å². The predicted molar refractivity (Wildman–Crippen MR) is 206 cm³/mol. The minimum Gasteiger partial charge on any atom is -0.744 e. The number of benzene rings is 4. The zero-order valence-corrected chi connectivity index (χ0v) is 35.5. The number of nitrogens with zero attached hydrogens (tertiary/aromatic N) is 2. The maximum Gasteiger partial charge on any atom is 1.00 e. The van der Waals surface area contributed by atoms with E-state index < -0.39 is 20.2 Å². The summed E-state index contributed by atoms with van der Waals surface area (Å²) in [5, 5.41) is 0.614. The Morgan fingerprint density at radius 1 is 0.736 bits per heavy atom. The number of allylic oxidation sites excluding steroid dienone is 5. The third kappa shape index (κ3) is 9.87. The number of hydrogen-bond donors (Lipinski definition) is 0. The molecule has 4 aromatic rings. The molecule has 5 rings (SSSR count). The van der Waals surface area contributed by atoms with E-state index in [0.29, 0.717) is 31.2 Å². The van der Waals surface area contributed by atoms with Gasteiger partial charge in [0, 0.05) is 46.1 Å². The van der Waals surface area contributed by atoms with Crippen LogP contribution in [0.5, 0.6) is 0 Å². The van der Waals surface area contributed by atoms with Crippen molar-refractivity contribution in [2.75, 3.05) is 18.0 Å². The van der Waals surface area contributed by atoms with E-state index in [1.165, 1.54) is 24.3 Å². The van der Waals surface area contributed by atoms with Gasteiger partial charge in [-0.15, -0.1) is 0 Å². The van der Waals surface area contributed by atoms with E-state index in [1.54, 1.807) is 12.1 Å². The summed E-state index contributed by atoms with van der Waals surface area (Å²) in [6, 6.07) is 24.4. The second-order valence-electron chi connectivity index (χ2n) is 13.0. The summed E-state index contributed by atoms with van der Waals surface area (Å²) in [7, 11) is -9.14. The van der Waals surface area contributed by atoms with Gasteiger partial charge in [-0.25, -0.2) is 21.4 Å². The first-order valence-electron chi connectivity index (χ1n) is 17.0. The van der Waals surface area contributed by atoms with Crippen molar-refractivity contribution in [2.45, 2.75) is 64.4 Å². The van der Waals surface area contributed by atoms with Crippen molar-refractivity contribution in [3.63, 3.8) is 0 Å². The van der Waals surface area contributed by atoms with Crippen LogP contribution in [0.2, 0.25) is 5.02 Å². The second kappa shape index (κ2) is 17.4. The van der Waals surface area contributed by atoms with Gasteiger partial charge in [-0.2, -0.15) is 0 Å². The summed E-state index contributed by atoms with van der Waals surface area (Å²) in [5.41, 5.74) is 11.4. The first kappa shape index (κ1) is 42.4. The van der Waals surface area contributed by atoms with Gasteiger partial charge in [-0.3, -0.25) is 0 Å². The zero-order chi connectivity index (χ0) is 38.0. The summed E-state index contributed by atoms with van der Waals surface area (Å²) in [6.45, 7) is 14.5. The van der Waals surface area contributed by atoms with Crippen LogP contribution < -0.4 is 34.5 Å². The van der Waals surface area contributed by atoms with Gasteiger partial charge in [0.1, 0.15) is 26.8 Å². The Morgan fingerprint density at radius 2 is 1.26 bits per heavy atom. The minimum atomic E-state index is -4.57. The van der Waals surface area contributed by atoms with Crippen molar-refractivity contribution in [3.8, 4) is 0 Å². The molecule has 0 amide bonds. The first-order valence-corrected chi connectivity index (χ1v) is 20.2. The molecule has 0 aromatic heterocycles. The van der Waals surface area contributed by atoms with Gasteiger partial charge < -0.3 is 14.0 Å². The number of halogens is 1. The molecule has 0 atom stereocenters. The van der Waals surface area contributed by atoms with E-state index in [1.807, 2.05) is 50.2 Å². The van der Waals surface area contributed by atoms with Gasteiger partial charge in [0.05, 0.1) is 9.79 Å². The summed E-state index contributed by atoms with van der Waals surface area (Å²) in [6.07, 6.45) is 4.30. The van der Waals surface area contributed by atoms with Crippen molar-refractivity contribution in [1.82, 2.24) is 0 Å². The molecule has 12 heteroatoms. The molecule has 0 aliphatic heterocycles. The minimum absolute atomic E-state index is 0. The predicted octanol–water partition coefficient (Wildman–Crippen LogP) is 5.18. The fraction of sp³-hybridized carbons (Fsp3) is 0.244. The number of hydrogen-bond acceptors (Lipinski definition) is 7. The standard InChI is InChI=1S/C41H43ClN2O6S2.Na/c1-7-43(25-31-13-11-15-35(23-31)51(45,46)47)40-27(3)19-33(20-28(40)4)39(37-17-9-10-18-38(37)42)34-21-29(5)41(30(6)22-34)44(8-2)26-32-14-12-16-36(24-32)52(48,49)50;/h9-24H,7-8,25-26H2,1-6H3,(H-,45,46,47,48,49,50);/q;+1/p-1. The van der Waals surface area contributed by atoms with Gasteiger partial charge in [0.15, 0.2) is 6.54 Å². The molecular formula is C41H42ClN2NaO6S2. The van der Waals surface area contributed by atoms with Crippen LogP contribution in [0.25, 0.3) is 5.57 Å². The molecular weight excluding hydrogens is 739 g/mol. The molecule has 0 heterocycles. The van der Waals surface area contributed by atoms with Gasteiger partial charge in [0.25, 0.3) is 0 Å². The summed E-state index contributed by atoms with van der Waals surface area (Å²) in [5.74, 6) is 0. The molecule has 1 aliphatic carbocycles. The largest absolute Gasteiger partial charge is 1.00 e. The SMILES string of the molecule is CCN(Cc1cccc(S(=O)(=O)[O-])c1)c1c(C)cc(C(=C2C=C(C)C(=[N+](CC)Cc3cccc(S(=O)(=O)[O-])c3)C(C)=C2)c2ccccc2Cl)cc1C.[Na+]. The Morgan fingerprint density at radius 3 is 1.77 bits per heavy atom. The molecule has 0 saturated heterocycles. The molecule has 0 radical (unpaired) electrons. The van der Waals surface area contributed by atoms with E-state index in [-0.39, 0.29) is 39.3 Å². The van der Waals surface area contributed by atoms with Crippen molar-refractivity contribution < 1.29 is 60.1 Å². The van der Waals surface area contributed by atoms with Crippen molar-refractivity contribution in [3.05, 3.63) is 152 Å². The van der Waals surface area contributed by atoms with Crippen LogP contribution >= 0.6 is 11.6 Å². The van der Waals surface area contributed by atoms with Gasteiger partial charge in [-0.1, -0.05) is 54.1 Å². The Kier molecular flexibility index (Phi) is 14.0. The smallest absolute Gasteiger partial charge is 0.744 e. The average Bonchev–Trinajstić information content (AvgIpc) is 3.07. The molecule has 0 spiro atoms. The van der Waals surface area contributed by atoms with E-state index in [4.69, 9.17) is 11.6 Å².